The van der Waals surface area contributed by atoms with Crippen molar-refractivity contribution in [3.05, 3.63) is 58.7 Å². The van der Waals surface area contributed by atoms with Crippen molar-refractivity contribution in [1.29, 1.82) is 5.41 Å². The van der Waals surface area contributed by atoms with Crippen molar-refractivity contribution in [3.8, 4) is 17.2 Å². The molecule has 2 heterocycles. The Morgan fingerprint density at radius 1 is 1.00 bits per heavy atom. The number of nitrogens with zero attached hydrogens (tertiary/aromatic N) is 3. The average Bonchev–Trinajstić information content (AvgIpc) is 3.28. The van der Waals surface area contributed by atoms with Crippen molar-refractivity contribution in [2.45, 2.75) is 47.0 Å². The first-order valence-corrected chi connectivity index (χ1v) is 13.3. The van der Waals surface area contributed by atoms with Gasteiger partial charge in [0.25, 0.3) is 5.91 Å². The minimum Gasteiger partial charge on any atom is -0.490 e. The predicted octanol–water partition coefficient (Wildman–Crippen LogP) is 5.97. The second-order valence-corrected chi connectivity index (χ2v) is 9.76. The number of thioether (sulfide) groups is 1. The molecular weight excluding hydrogens is 488 g/mol. The topological polar surface area (TPSA) is 96.6 Å². The van der Waals surface area contributed by atoms with E-state index in [9.17, 15) is 4.79 Å². The number of amides is 1. The normalized spacial score (nSPS) is 16.0. The quantitative estimate of drug-likeness (QED) is 0.290. The number of hydrogen-bond donors (Lipinski definition) is 1. The Bertz CT molecular complexity index is 1280. The summed E-state index contributed by atoms with van der Waals surface area (Å²) in [4.78, 5) is 16.9. The number of nitrogens with one attached hydrogen (secondary N) is 1. The highest BCUT2D eigenvalue weighted by molar-refractivity contribution is 8.26. The number of fused-ring (bicyclic) bond motifs is 1. The molecule has 194 valence electrons. The fraction of sp³-hybridized carbons (Fsp3) is 0.357. The molecule has 0 saturated carbocycles. The van der Waals surface area contributed by atoms with E-state index in [0.29, 0.717) is 42.1 Å². The summed E-state index contributed by atoms with van der Waals surface area (Å²) in [5.74, 6) is 1.55. The maximum Gasteiger partial charge on any atom is 0.283 e. The number of rotatable bonds is 11. The molecule has 37 heavy (non-hydrogen) atoms. The molecule has 0 atom stereocenters. The molecule has 1 amide bonds. The van der Waals surface area contributed by atoms with Crippen LogP contribution < -0.4 is 14.2 Å². The lowest BCUT2D eigenvalue weighted by Gasteiger charge is -2.20. The third-order valence-electron chi connectivity index (χ3n) is 5.75. The van der Waals surface area contributed by atoms with E-state index in [0.717, 1.165) is 35.6 Å². The van der Waals surface area contributed by atoms with Crippen molar-refractivity contribution in [2.24, 2.45) is 10.1 Å². The van der Waals surface area contributed by atoms with Crippen LogP contribution in [-0.4, -0.2) is 46.8 Å². The van der Waals surface area contributed by atoms with E-state index in [4.69, 9.17) is 19.6 Å². The van der Waals surface area contributed by atoms with Gasteiger partial charge in [0.05, 0.1) is 12.2 Å². The first kappa shape index (κ1) is 26.5. The number of aryl methyl sites for hydroxylation is 2. The van der Waals surface area contributed by atoms with Crippen LogP contribution in [0.3, 0.4) is 0 Å². The molecule has 9 heteroatoms. The Labute approximate surface area is 221 Å². The van der Waals surface area contributed by atoms with Crippen molar-refractivity contribution in [2.75, 3.05) is 19.8 Å². The summed E-state index contributed by atoms with van der Waals surface area (Å²) in [5.41, 5.74) is 3.17. The molecule has 1 N–H and O–H groups in total. The zero-order chi connectivity index (χ0) is 26.4. The van der Waals surface area contributed by atoms with Gasteiger partial charge in [-0.15, -0.1) is 0 Å². The number of aliphatic imine (C=N–C) groups is 1. The van der Waals surface area contributed by atoms with Gasteiger partial charge in [0.15, 0.2) is 17.3 Å². The average molecular weight is 521 g/mol. The lowest BCUT2D eigenvalue weighted by Crippen LogP contribution is -2.35. The summed E-state index contributed by atoms with van der Waals surface area (Å²) in [6, 6.07) is 11.5. The van der Waals surface area contributed by atoms with Gasteiger partial charge in [-0.1, -0.05) is 37.1 Å². The fourth-order valence-electron chi connectivity index (χ4n) is 3.89. The van der Waals surface area contributed by atoms with Crippen LogP contribution in [0.4, 0.5) is 0 Å². The van der Waals surface area contributed by atoms with Crippen LogP contribution in [0, 0.1) is 19.3 Å². The van der Waals surface area contributed by atoms with Crippen molar-refractivity contribution >= 4 is 39.8 Å². The van der Waals surface area contributed by atoms with Gasteiger partial charge < -0.3 is 14.2 Å². The van der Waals surface area contributed by atoms with Gasteiger partial charge in [-0.05, 0) is 80.8 Å². The monoisotopic (exact) mass is 520 g/mol. The summed E-state index contributed by atoms with van der Waals surface area (Å²) >= 11 is 1.36. The van der Waals surface area contributed by atoms with Crippen molar-refractivity contribution < 1.29 is 19.0 Å². The first-order chi connectivity index (χ1) is 17.9. The Morgan fingerprint density at radius 2 is 1.76 bits per heavy atom. The maximum absolute atomic E-state index is 12.7. The smallest absolute Gasteiger partial charge is 0.283 e. The van der Waals surface area contributed by atoms with Crippen LogP contribution in [0.1, 0.15) is 49.8 Å². The third kappa shape index (κ3) is 6.40. The fourth-order valence-corrected chi connectivity index (χ4v) is 4.82. The molecule has 0 aliphatic carbocycles. The third-order valence-corrected chi connectivity index (χ3v) is 6.72. The molecule has 2 aliphatic rings. The largest absolute Gasteiger partial charge is 0.490 e. The zero-order valence-electron chi connectivity index (χ0n) is 21.7. The van der Waals surface area contributed by atoms with E-state index in [1.54, 1.807) is 18.2 Å². The Hall–Kier alpha value is -3.59. The summed E-state index contributed by atoms with van der Waals surface area (Å²) in [6.07, 6.45) is 4.51. The Balaban J connectivity index is 1.45. The predicted molar refractivity (Wildman–Crippen MR) is 149 cm³/mol. The molecule has 8 nitrogen and oxygen atoms in total. The van der Waals surface area contributed by atoms with Gasteiger partial charge >= 0.3 is 0 Å². The van der Waals surface area contributed by atoms with Crippen molar-refractivity contribution in [3.63, 3.8) is 0 Å². The molecular formula is C28H32N4O4S. The van der Waals surface area contributed by atoms with Crippen LogP contribution in [0.15, 0.2) is 52.1 Å². The second-order valence-electron chi connectivity index (χ2n) is 8.72. The minimum absolute atomic E-state index is 0.0239. The van der Waals surface area contributed by atoms with Gasteiger partial charge in [0, 0.05) is 0 Å². The molecule has 2 aromatic rings. The maximum atomic E-state index is 12.7. The number of carbonyl (C=O) groups is 1. The summed E-state index contributed by atoms with van der Waals surface area (Å²) in [6.45, 7) is 9.28. The van der Waals surface area contributed by atoms with Crippen LogP contribution in [0.5, 0.6) is 17.2 Å². The molecule has 0 unspecified atom stereocenters. The van der Waals surface area contributed by atoms with Gasteiger partial charge in [0.1, 0.15) is 24.0 Å². The van der Waals surface area contributed by atoms with E-state index >= 15 is 0 Å². The highest BCUT2D eigenvalue weighted by atomic mass is 32.2. The number of amidine groups is 2. The molecule has 2 aromatic carbocycles. The van der Waals surface area contributed by atoms with Gasteiger partial charge in [-0.3, -0.25) is 10.2 Å². The Kier molecular flexibility index (Phi) is 8.66. The van der Waals surface area contributed by atoms with Gasteiger partial charge in [-0.25, -0.2) is 0 Å². The van der Waals surface area contributed by atoms with E-state index in [1.165, 1.54) is 22.3 Å². The van der Waals surface area contributed by atoms with Gasteiger partial charge in [-0.2, -0.15) is 15.1 Å². The summed E-state index contributed by atoms with van der Waals surface area (Å²) in [7, 11) is 0. The van der Waals surface area contributed by atoms with E-state index in [2.05, 4.69) is 30.0 Å². The van der Waals surface area contributed by atoms with Crippen LogP contribution in [0.2, 0.25) is 0 Å². The molecule has 2 aliphatic heterocycles. The number of benzene rings is 2. The molecule has 0 bridgehead atoms. The lowest BCUT2D eigenvalue weighted by molar-refractivity contribution is -0.114. The van der Waals surface area contributed by atoms with E-state index < -0.39 is 5.91 Å². The number of carbonyl (C=O) groups excluding carboxylic acids is 1. The number of hydrogen-bond acceptors (Lipinski definition) is 7. The molecule has 4 rings (SSSR count). The molecule has 0 saturated heterocycles. The van der Waals surface area contributed by atoms with E-state index in [-0.39, 0.29) is 11.4 Å². The molecule has 0 spiro atoms. The second kappa shape index (κ2) is 12.1. The minimum atomic E-state index is -0.447. The summed E-state index contributed by atoms with van der Waals surface area (Å²) in [5, 5.41) is 15.8. The number of unbranched alkanes of at least 4 members (excludes halogenated alkanes) is 1. The molecule has 0 fully saturated rings. The first-order valence-electron chi connectivity index (χ1n) is 12.5. The summed E-state index contributed by atoms with van der Waals surface area (Å²) < 4.78 is 17.6. The number of ether oxygens (including phenoxy) is 3. The van der Waals surface area contributed by atoms with Crippen LogP contribution >= 0.6 is 11.8 Å². The van der Waals surface area contributed by atoms with E-state index in [1.807, 2.05) is 32.0 Å². The van der Waals surface area contributed by atoms with Crippen LogP contribution in [0.25, 0.3) is 6.08 Å². The highest BCUT2D eigenvalue weighted by Crippen LogP contribution is 2.32. The standard InChI is InChI=1S/C28H32N4O4S/c1-5-7-8-25-31-32-26(29)21(27(33)30-28(32)37-25)16-20-10-12-23(24(17-20)34-6-2)36-14-13-35-22-11-9-18(3)15-19(22)4/h9-12,15-17,29H,5-8,13-14H2,1-4H3/b21-16-,29-26?. The lowest BCUT2D eigenvalue weighted by atomic mass is 10.1. The van der Waals surface area contributed by atoms with Crippen molar-refractivity contribution in [1.82, 2.24) is 5.01 Å². The molecule has 0 radical (unpaired) electrons. The molecule has 0 aromatic heterocycles. The highest BCUT2D eigenvalue weighted by Gasteiger charge is 2.35. The van der Waals surface area contributed by atoms with Gasteiger partial charge in [0.2, 0.25) is 5.17 Å². The van der Waals surface area contributed by atoms with Crippen LogP contribution in [-0.2, 0) is 4.79 Å². The number of hydrazone groups is 1. The SMILES string of the molecule is CCCCC1=NN2C(=N)/C(=C/c3ccc(OCCOc4ccc(C)cc4C)c(OCC)c3)C(=O)N=C2S1. The Morgan fingerprint density at radius 3 is 2.49 bits per heavy atom. The zero-order valence-corrected chi connectivity index (χ0v) is 22.5.